The van der Waals surface area contributed by atoms with Gasteiger partial charge >= 0.3 is 0 Å². The molecule has 36 heavy (non-hydrogen) atoms. The standard InChI is InChI=1S/2C10H15.2C5H11O2.2Rh/c2*1-6-7(2)9(4)10(5)8(6)3;2*1-4(6)3-5(2)7;;/h2*1-5H3;2*3-7H,1-2H3;;/q4*-1;;. The maximum Gasteiger partial charge on any atom is 0 e. The van der Waals surface area contributed by atoms with Crippen LogP contribution in [-0.2, 0) is 39.0 Å². The molecule has 0 aliphatic rings. The van der Waals surface area contributed by atoms with Gasteiger partial charge in [0.2, 0.25) is 0 Å². The van der Waals surface area contributed by atoms with E-state index < -0.39 is 24.4 Å². The van der Waals surface area contributed by atoms with Crippen LogP contribution >= 0.6 is 0 Å². The zero-order chi connectivity index (χ0) is 27.5. The van der Waals surface area contributed by atoms with E-state index in [1.54, 1.807) is 27.7 Å². The van der Waals surface area contributed by atoms with E-state index in [-0.39, 0.29) is 39.0 Å². The van der Waals surface area contributed by atoms with E-state index in [2.05, 4.69) is 69.2 Å². The summed E-state index contributed by atoms with van der Waals surface area (Å²) in [7, 11) is 0. The summed E-state index contributed by atoms with van der Waals surface area (Å²) in [6.45, 7) is 28.4. The molecule has 2 rings (SSSR count). The Morgan fingerprint density at radius 2 is 0.583 bits per heavy atom. The zero-order valence-electron chi connectivity index (χ0n) is 24.9. The summed E-state index contributed by atoms with van der Waals surface area (Å²) in [6, 6.07) is 0. The average molecular weight is 683 g/mol. The largest absolute Gasteiger partial charge is 0.425 e. The van der Waals surface area contributed by atoms with Crippen molar-refractivity contribution in [3.05, 3.63) is 68.5 Å². The molecule has 4 atom stereocenters. The molecule has 0 fully saturated rings. The first-order chi connectivity index (χ1) is 15.4. The Morgan fingerprint density at radius 1 is 0.444 bits per heavy atom. The van der Waals surface area contributed by atoms with Gasteiger partial charge in [-0.05, 0) is 0 Å². The smallest absolute Gasteiger partial charge is 0 e. The molecule has 2 radical (unpaired) electrons. The number of hydrogen-bond acceptors (Lipinski definition) is 4. The van der Waals surface area contributed by atoms with E-state index in [0.29, 0.717) is 0 Å². The zero-order valence-corrected chi connectivity index (χ0v) is 28.2. The molecule has 4 nitrogen and oxygen atoms in total. The maximum atomic E-state index is 8.51. The number of aliphatic hydroxyl groups is 4. The summed E-state index contributed by atoms with van der Waals surface area (Å²) in [4.78, 5) is 0. The molecule has 0 bridgehead atoms. The Kier molecular flexibility index (Phi) is 24.7. The minimum absolute atomic E-state index is 0. The van der Waals surface area contributed by atoms with Gasteiger partial charge in [-0.1, -0.05) is 121 Å². The van der Waals surface area contributed by atoms with Crippen LogP contribution in [0.15, 0.2) is 0 Å². The van der Waals surface area contributed by atoms with E-state index >= 15 is 0 Å². The Hall–Kier alpha value is -0.213. The molecule has 0 saturated heterocycles. The van der Waals surface area contributed by atoms with Gasteiger partial charge in [0, 0.05) is 39.0 Å². The number of aliphatic hydroxyl groups excluding tert-OH is 4. The van der Waals surface area contributed by atoms with Crippen molar-refractivity contribution in [2.24, 2.45) is 0 Å². The Balaban J connectivity index is -0.000000189. The molecule has 4 unspecified atom stereocenters. The molecule has 0 aromatic heterocycles. The summed E-state index contributed by atoms with van der Waals surface area (Å²) < 4.78 is 0. The first-order valence-corrected chi connectivity index (χ1v) is 12.2. The molecule has 2 aromatic rings. The molecule has 4 N–H and O–H groups in total. The van der Waals surface area contributed by atoms with Crippen molar-refractivity contribution in [1.29, 1.82) is 0 Å². The second-order valence-corrected chi connectivity index (χ2v) is 9.60. The monoisotopic (exact) mass is 682 g/mol. The second kappa shape index (κ2) is 20.7. The van der Waals surface area contributed by atoms with Crippen LogP contribution in [0.3, 0.4) is 0 Å². The van der Waals surface area contributed by atoms with Gasteiger partial charge in [0.15, 0.2) is 0 Å². The fourth-order valence-corrected chi connectivity index (χ4v) is 3.62. The predicted octanol–water partition coefficient (Wildman–Crippen LogP) is 5.79. The van der Waals surface area contributed by atoms with Gasteiger partial charge < -0.3 is 20.4 Å². The third-order valence-corrected chi connectivity index (χ3v) is 6.74. The topological polar surface area (TPSA) is 80.9 Å². The van der Waals surface area contributed by atoms with Crippen LogP contribution in [0.25, 0.3) is 0 Å². The van der Waals surface area contributed by atoms with Gasteiger partial charge in [0.1, 0.15) is 0 Å². The molecule has 6 heteroatoms. The van der Waals surface area contributed by atoms with Crippen LogP contribution < -0.4 is 0 Å². The Labute approximate surface area is 248 Å². The molecule has 0 aliphatic carbocycles. The second-order valence-electron chi connectivity index (χ2n) is 9.60. The number of rotatable bonds is 4. The summed E-state index contributed by atoms with van der Waals surface area (Å²) in [5.74, 6) is 0. The molecule has 0 amide bonds. The minimum atomic E-state index is -0.500. The minimum Gasteiger partial charge on any atom is -0.425 e. The molecule has 2 aromatic carbocycles. The van der Waals surface area contributed by atoms with Crippen LogP contribution in [0.1, 0.15) is 83.3 Å². The van der Waals surface area contributed by atoms with Crippen molar-refractivity contribution in [1.82, 2.24) is 0 Å². The van der Waals surface area contributed by atoms with Gasteiger partial charge in [-0.25, -0.2) is 0 Å². The normalized spacial score (nSPS) is 13.2. The van der Waals surface area contributed by atoms with E-state index in [1.165, 1.54) is 68.5 Å². The van der Waals surface area contributed by atoms with Crippen molar-refractivity contribution < 1.29 is 59.4 Å². The first kappa shape index (κ1) is 42.9. The summed E-state index contributed by atoms with van der Waals surface area (Å²) in [5.41, 5.74) is 14.7. The van der Waals surface area contributed by atoms with E-state index in [9.17, 15) is 0 Å². The SMILES string of the molecule is CC(O)[CH-]C(C)O.CC(O)[CH-]C(C)O.Cc1c(C)c(C)[c-](C)c1C.Cc1c(C)c(C)[c-](C)c1C.[Rh].[Rh]. The fourth-order valence-electron chi connectivity index (χ4n) is 3.62. The van der Waals surface area contributed by atoms with Gasteiger partial charge in [-0.2, -0.15) is 55.6 Å². The number of hydrogen-bond donors (Lipinski definition) is 4. The maximum absolute atomic E-state index is 8.51. The van der Waals surface area contributed by atoms with Gasteiger partial charge in [0.25, 0.3) is 0 Å². The average Bonchev–Trinajstić information content (AvgIpc) is 2.97. The molecule has 0 aliphatic heterocycles. The van der Waals surface area contributed by atoms with Crippen LogP contribution in [0.4, 0.5) is 0 Å². The first-order valence-electron chi connectivity index (χ1n) is 12.2. The third-order valence-electron chi connectivity index (χ3n) is 6.74. The van der Waals surface area contributed by atoms with Gasteiger partial charge in [0.05, 0.1) is 0 Å². The van der Waals surface area contributed by atoms with Crippen molar-refractivity contribution in [2.45, 2.75) is 121 Å². The van der Waals surface area contributed by atoms with Crippen molar-refractivity contribution in [3.8, 4) is 0 Å². The van der Waals surface area contributed by atoms with Crippen LogP contribution in [0.5, 0.6) is 0 Å². The molecule has 0 saturated carbocycles. The van der Waals surface area contributed by atoms with E-state index in [0.717, 1.165) is 0 Å². The van der Waals surface area contributed by atoms with Crippen LogP contribution in [0, 0.1) is 82.1 Å². The van der Waals surface area contributed by atoms with Crippen molar-refractivity contribution >= 4 is 0 Å². The molecule has 0 spiro atoms. The predicted molar refractivity (Wildman–Crippen MR) is 147 cm³/mol. The Bertz CT molecular complexity index is 601. The molecular weight excluding hydrogens is 630 g/mol. The molecule has 218 valence electrons. The van der Waals surface area contributed by atoms with E-state index in [4.69, 9.17) is 20.4 Å². The fraction of sp³-hybridized carbons (Fsp3) is 0.600. The van der Waals surface area contributed by atoms with Crippen LogP contribution in [0.2, 0.25) is 0 Å². The van der Waals surface area contributed by atoms with Crippen LogP contribution in [-0.4, -0.2) is 44.8 Å². The van der Waals surface area contributed by atoms with Crippen molar-refractivity contribution in [2.75, 3.05) is 0 Å². The van der Waals surface area contributed by atoms with Crippen molar-refractivity contribution in [3.63, 3.8) is 0 Å². The summed E-state index contributed by atoms with van der Waals surface area (Å²) >= 11 is 0. The third kappa shape index (κ3) is 15.9. The summed E-state index contributed by atoms with van der Waals surface area (Å²) in [6.07, 6.45) is 0.889. The molecular formula is C30H52O4Rh2-4. The Morgan fingerprint density at radius 3 is 0.611 bits per heavy atom. The molecule has 0 heterocycles. The van der Waals surface area contributed by atoms with E-state index in [1.807, 2.05) is 0 Å². The quantitative estimate of drug-likeness (QED) is 0.243. The summed E-state index contributed by atoms with van der Waals surface area (Å²) in [5, 5.41) is 34.0. The van der Waals surface area contributed by atoms with Gasteiger partial charge in [-0.15, -0.1) is 0 Å². The van der Waals surface area contributed by atoms with Gasteiger partial charge in [-0.3, -0.25) is 12.8 Å².